The van der Waals surface area contributed by atoms with Crippen molar-refractivity contribution in [3.63, 3.8) is 0 Å². The number of rotatable bonds is 14. The molecule has 4 atom stereocenters. The number of fused-ring (bicyclic) bond motifs is 1. The van der Waals surface area contributed by atoms with Gasteiger partial charge in [0.15, 0.2) is 11.6 Å². The Morgan fingerprint density at radius 1 is 1.07 bits per heavy atom. The van der Waals surface area contributed by atoms with Crippen LogP contribution in [0.15, 0.2) is 22.3 Å². The molecular weight excluding hydrogens is 548 g/mol. The van der Waals surface area contributed by atoms with Gasteiger partial charge in [-0.15, -0.1) is 0 Å². The first-order valence-corrected chi connectivity index (χ1v) is 14.6. The third kappa shape index (κ3) is 15.6. The van der Waals surface area contributed by atoms with Crippen molar-refractivity contribution >= 4 is 11.7 Å². The molecule has 4 unspecified atom stereocenters. The maximum Gasteiger partial charge on any atom is 0.306 e. The minimum Gasteiger partial charge on any atom is -0.466 e. The molecule has 0 N–H and O–H groups in total. The van der Waals surface area contributed by atoms with Crippen LogP contribution in [-0.4, -0.2) is 80.6 Å². The molecule has 0 aromatic carbocycles. The Hall–Kier alpha value is -2.63. The number of aliphatic imine (C=N–C) groups is 1. The monoisotopic (exact) mass is 598 g/mol. The number of esters is 1. The van der Waals surface area contributed by atoms with Crippen LogP contribution in [0.1, 0.15) is 87.5 Å². The van der Waals surface area contributed by atoms with E-state index in [9.17, 15) is 4.79 Å². The van der Waals surface area contributed by atoms with E-state index >= 15 is 0 Å². The highest BCUT2D eigenvalue weighted by molar-refractivity contribution is 5.91. The van der Waals surface area contributed by atoms with Crippen molar-refractivity contribution in [3.8, 4) is 0 Å². The highest BCUT2D eigenvalue weighted by Gasteiger charge is 2.46. The smallest absolute Gasteiger partial charge is 0.306 e. The number of carbonyl (C=O) groups is 1. The highest BCUT2D eigenvalue weighted by atomic mass is 17.2. The molecule has 0 bridgehead atoms. The lowest BCUT2D eigenvalue weighted by molar-refractivity contribution is -0.291. The van der Waals surface area contributed by atoms with Crippen molar-refractivity contribution in [1.82, 2.24) is 0 Å². The Bertz CT molecular complexity index is 889. The quantitative estimate of drug-likeness (QED) is 0.0269. The molecule has 0 saturated carbocycles. The first-order valence-electron chi connectivity index (χ1n) is 14.6. The van der Waals surface area contributed by atoms with Crippen LogP contribution in [0.3, 0.4) is 0 Å². The zero-order valence-corrected chi connectivity index (χ0v) is 26.5. The van der Waals surface area contributed by atoms with E-state index in [0.29, 0.717) is 32.7 Å². The van der Waals surface area contributed by atoms with Crippen molar-refractivity contribution in [2.75, 3.05) is 32.9 Å². The summed E-state index contributed by atoms with van der Waals surface area (Å²) in [4.78, 5) is 28.2. The van der Waals surface area contributed by atoms with Crippen molar-refractivity contribution in [2.24, 2.45) is 10.1 Å². The second-order valence-corrected chi connectivity index (χ2v) is 9.94. The molecule has 3 aliphatic rings. The zero-order valence-electron chi connectivity index (χ0n) is 26.5. The van der Waals surface area contributed by atoms with Gasteiger partial charge in [-0.05, 0) is 72.8 Å². The molecule has 3 rings (SSSR count). The molecule has 0 aromatic heterocycles. The number of hydrogen-bond acceptors (Lipinski definition) is 12. The van der Waals surface area contributed by atoms with E-state index in [0.717, 1.165) is 31.5 Å². The summed E-state index contributed by atoms with van der Waals surface area (Å²) in [5.41, 5.74) is 9.50. The Morgan fingerprint density at radius 3 is 2.40 bits per heavy atom. The van der Waals surface area contributed by atoms with Crippen LogP contribution in [0.25, 0.3) is 10.4 Å². The van der Waals surface area contributed by atoms with E-state index in [1.54, 1.807) is 6.92 Å². The van der Waals surface area contributed by atoms with Crippen molar-refractivity contribution in [3.05, 3.63) is 22.6 Å². The fourth-order valence-electron chi connectivity index (χ4n) is 4.33. The Balaban J connectivity index is 0.000000718. The van der Waals surface area contributed by atoms with Gasteiger partial charge in [0, 0.05) is 27.8 Å². The summed E-state index contributed by atoms with van der Waals surface area (Å²) in [7, 11) is 0. The third-order valence-electron chi connectivity index (χ3n) is 5.79. The fourth-order valence-corrected chi connectivity index (χ4v) is 4.33. The number of hydrogen-bond donors (Lipinski definition) is 0. The van der Waals surface area contributed by atoms with Crippen LogP contribution < -0.4 is 0 Å². The summed E-state index contributed by atoms with van der Waals surface area (Å²) >= 11 is 0. The molecule has 2 saturated heterocycles. The molecule has 0 aromatic rings. The zero-order chi connectivity index (χ0) is 32.0. The number of nitrogens with zero attached hydrogens (tertiary/aromatic N) is 6. The number of unbranched alkanes of at least 4 members (excludes halogenated alkanes) is 1. The third-order valence-corrected chi connectivity index (χ3v) is 5.79. The van der Waals surface area contributed by atoms with E-state index in [2.05, 4.69) is 15.0 Å². The second-order valence-electron chi connectivity index (χ2n) is 9.94. The predicted octanol–water partition coefficient (Wildman–Crippen LogP) is 5.87. The van der Waals surface area contributed by atoms with Crippen molar-refractivity contribution < 1.29 is 38.3 Å². The van der Waals surface area contributed by atoms with Crippen LogP contribution >= 0.6 is 0 Å². The molecule has 240 valence electrons. The molecule has 3 heterocycles. The Kier molecular flexibility index (Phi) is 20.6. The Morgan fingerprint density at radius 2 is 1.76 bits per heavy atom. The maximum absolute atomic E-state index is 11.2. The van der Waals surface area contributed by atoms with Crippen LogP contribution in [0.5, 0.6) is 0 Å². The van der Waals surface area contributed by atoms with Crippen molar-refractivity contribution in [1.29, 1.82) is 10.8 Å². The lowest BCUT2D eigenvalue weighted by Crippen LogP contribution is -2.27. The molecule has 14 nitrogen and oxygen atoms in total. The predicted molar refractivity (Wildman–Crippen MR) is 155 cm³/mol. The average molecular weight is 599 g/mol. The van der Waals surface area contributed by atoms with Gasteiger partial charge in [-0.2, -0.15) is 0 Å². The molecule has 0 amide bonds. The lowest BCUT2D eigenvalue weighted by atomic mass is 10.1. The minimum atomic E-state index is -0.703. The van der Waals surface area contributed by atoms with Crippen LogP contribution in [0, 0.1) is 10.8 Å². The first kappa shape index (κ1) is 39.4. The Labute approximate surface area is 250 Å². The van der Waals surface area contributed by atoms with E-state index in [1.165, 1.54) is 0 Å². The summed E-state index contributed by atoms with van der Waals surface area (Å²) in [6, 6.07) is 0. The largest absolute Gasteiger partial charge is 0.466 e. The van der Waals surface area contributed by atoms with Gasteiger partial charge < -0.3 is 23.7 Å². The van der Waals surface area contributed by atoms with Gasteiger partial charge in [-0.3, -0.25) is 9.79 Å². The standard InChI is InChI=1S/C13H21N3O4.C13H23NO4.C2H6.N2/c1-4-18-12(17)8-6-5-7-10-11(9-15-16-14)20-13(2,3)19-10;1-4-15-16-8-6-5-7-10-12-11(9-14-10)17-13(2,3)18-12;2*1-2/h5,7,10-11H,4,6,8-9H2,1-3H3;11-12H,4-9H2,1-3H3;1-2H3;/b7-5-;;;. The molecule has 0 radical (unpaired) electrons. The molecule has 42 heavy (non-hydrogen) atoms. The van der Waals surface area contributed by atoms with Crippen molar-refractivity contribution in [2.45, 2.75) is 123 Å². The number of carbonyl (C=O) groups excluding carboxylic acids is 1. The second kappa shape index (κ2) is 22.0. The number of azide groups is 1. The molecule has 0 aliphatic carbocycles. The highest BCUT2D eigenvalue weighted by Crippen LogP contribution is 2.33. The van der Waals surface area contributed by atoms with E-state index in [4.69, 9.17) is 49.8 Å². The molecule has 3 aliphatic heterocycles. The van der Waals surface area contributed by atoms with Gasteiger partial charge in [0.05, 0.1) is 39.0 Å². The van der Waals surface area contributed by atoms with E-state index < -0.39 is 11.6 Å². The summed E-state index contributed by atoms with van der Waals surface area (Å²) in [6.07, 6.45) is 7.17. The maximum atomic E-state index is 11.2. The molecule has 2 fully saturated rings. The van der Waals surface area contributed by atoms with E-state index in [-0.39, 0.29) is 36.9 Å². The lowest BCUT2D eigenvalue weighted by Gasteiger charge is -2.18. The van der Waals surface area contributed by atoms with Gasteiger partial charge in [-0.1, -0.05) is 31.1 Å². The normalized spacial score (nSPS) is 24.5. The number of ether oxygens (including phenoxy) is 5. The summed E-state index contributed by atoms with van der Waals surface area (Å²) in [6.45, 7) is 17.8. The summed E-state index contributed by atoms with van der Waals surface area (Å²) < 4.78 is 27.8. The van der Waals surface area contributed by atoms with Crippen LogP contribution in [0.4, 0.5) is 0 Å². The van der Waals surface area contributed by atoms with Gasteiger partial charge in [0.1, 0.15) is 18.3 Å². The van der Waals surface area contributed by atoms with Gasteiger partial charge >= 0.3 is 5.97 Å². The first-order chi connectivity index (χ1) is 20.1. The minimum absolute atomic E-state index is 0.0628. The number of allylic oxidation sites excluding steroid dienone is 1. The average Bonchev–Trinajstić information content (AvgIpc) is 3.58. The topological polar surface area (TPSA) is 190 Å². The van der Waals surface area contributed by atoms with Crippen LogP contribution in [0.2, 0.25) is 0 Å². The SMILES string of the molecule is CC.CCOC(=O)CC/C=C\C1OC(C)(C)OC1CN=[N+]=[N-].CCOOCCCCC1=NCC2OC(C)(C)OC12.N#N. The molecule has 0 spiro atoms. The van der Waals surface area contributed by atoms with E-state index in [1.807, 2.05) is 60.6 Å². The fraction of sp³-hybridized carbons (Fsp3) is 0.857. The summed E-state index contributed by atoms with van der Waals surface area (Å²) in [5, 5.41) is 15.5. The molecule has 14 heteroatoms. The van der Waals surface area contributed by atoms with Crippen LogP contribution in [-0.2, 0) is 38.3 Å². The summed E-state index contributed by atoms with van der Waals surface area (Å²) in [5.74, 6) is -1.38. The van der Waals surface area contributed by atoms with Gasteiger partial charge in [0.2, 0.25) is 0 Å². The van der Waals surface area contributed by atoms with Gasteiger partial charge in [0.25, 0.3) is 0 Å². The molecular formula is C28H50N6O8. The van der Waals surface area contributed by atoms with Gasteiger partial charge in [-0.25, -0.2) is 9.78 Å².